The molecule has 1 N–H and O–H groups in total. The maximum absolute atomic E-state index is 13.0. The fourth-order valence-electron chi connectivity index (χ4n) is 4.51. The SMILES string of the molecule is COC1=CC(=O)c2c(cc(C/C=C/COC(C)=O)c(C(O)CCCCCOCc3ccccc3)c2OC)C1=O. The molecular formula is C31H36O8. The van der Waals surface area contributed by atoms with Crippen LogP contribution in [0.15, 0.2) is 60.4 Å². The van der Waals surface area contributed by atoms with Gasteiger partial charge in [-0.1, -0.05) is 55.3 Å². The first kappa shape index (κ1) is 29.8. The van der Waals surface area contributed by atoms with E-state index in [1.165, 1.54) is 21.1 Å². The summed E-state index contributed by atoms with van der Waals surface area (Å²) in [6, 6.07) is 11.6. The van der Waals surface area contributed by atoms with E-state index in [-0.39, 0.29) is 35.2 Å². The van der Waals surface area contributed by atoms with E-state index >= 15 is 0 Å². The van der Waals surface area contributed by atoms with Crippen LogP contribution in [0.5, 0.6) is 5.75 Å². The Morgan fingerprint density at radius 2 is 1.79 bits per heavy atom. The number of hydrogen-bond acceptors (Lipinski definition) is 8. The summed E-state index contributed by atoms with van der Waals surface area (Å²) in [5.74, 6) is -1.08. The zero-order valence-corrected chi connectivity index (χ0v) is 22.7. The standard InChI is InChI=1S/C31H36O8/c1-21(32)39-17-11-9-14-23-18-24-29(26(34)19-27(36-2)30(24)35)31(37-3)28(23)25(33)15-8-5-10-16-38-20-22-12-6-4-7-13-22/h4,6-7,9,11-13,18-19,25,33H,5,8,10,14-17,20H2,1-3H3/b11-9+. The Bertz CT molecular complexity index is 1210. The Morgan fingerprint density at radius 3 is 2.49 bits per heavy atom. The van der Waals surface area contributed by atoms with Crippen LogP contribution in [0.1, 0.15) is 76.1 Å². The first-order valence-electron chi connectivity index (χ1n) is 13.0. The molecule has 208 valence electrons. The van der Waals surface area contributed by atoms with Crippen LogP contribution in [0.25, 0.3) is 0 Å². The molecule has 1 unspecified atom stereocenters. The average Bonchev–Trinajstić information content (AvgIpc) is 2.93. The van der Waals surface area contributed by atoms with Crippen molar-refractivity contribution in [3.63, 3.8) is 0 Å². The van der Waals surface area contributed by atoms with Crippen LogP contribution in [-0.4, -0.2) is 50.1 Å². The molecule has 0 heterocycles. The first-order valence-corrected chi connectivity index (χ1v) is 13.0. The van der Waals surface area contributed by atoms with E-state index in [2.05, 4.69) is 0 Å². The van der Waals surface area contributed by atoms with E-state index in [1.54, 1.807) is 18.2 Å². The van der Waals surface area contributed by atoms with Gasteiger partial charge in [-0.25, -0.2) is 0 Å². The molecule has 3 rings (SSSR count). The van der Waals surface area contributed by atoms with Gasteiger partial charge in [0.05, 0.1) is 32.5 Å². The van der Waals surface area contributed by atoms with Crippen LogP contribution in [-0.2, 0) is 32.0 Å². The Hall–Kier alpha value is -3.75. The van der Waals surface area contributed by atoms with Crippen molar-refractivity contribution < 1.29 is 38.4 Å². The van der Waals surface area contributed by atoms with Crippen LogP contribution in [0.3, 0.4) is 0 Å². The van der Waals surface area contributed by atoms with E-state index in [0.29, 0.717) is 37.2 Å². The number of carbonyl (C=O) groups is 3. The second-order valence-electron chi connectivity index (χ2n) is 9.19. The summed E-state index contributed by atoms with van der Waals surface area (Å²) in [4.78, 5) is 37.0. The molecule has 8 nitrogen and oxygen atoms in total. The van der Waals surface area contributed by atoms with Gasteiger partial charge in [0.1, 0.15) is 12.4 Å². The summed E-state index contributed by atoms with van der Waals surface area (Å²) in [6.07, 6.45) is 6.92. The van der Waals surface area contributed by atoms with Crippen LogP contribution in [0.4, 0.5) is 0 Å². The third kappa shape index (κ3) is 8.12. The summed E-state index contributed by atoms with van der Waals surface area (Å²) in [5.41, 5.74) is 2.54. The topological polar surface area (TPSA) is 108 Å². The van der Waals surface area contributed by atoms with Crippen molar-refractivity contribution in [1.29, 1.82) is 0 Å². The van der Waals surface area contributed by atoms with Gasteiger partial charge in [0, 0.05) is 30.7 Å². The number of fused-ring (bicyclic) bond motifs is 1. The lowest BCUT2D eigenvalue weighted by Gasteiger charge is -2.24. The third-order valence-electron chi connectivity index (χ3n) is 6.40. The molecule has 0 bridgehead atoms. The average molecular weight is 537 g/mol. The number of rotatable bonds is 15. The number of aliphatic hydroxyl groups is 1. The van der Waals surface area contributed by atoms with Crippen LogP contribution in [0.2, 0.25) is 0 Å². The molecular weight excluding hydrogens is 500 g/mol. The molecule has 0 fully saturated rings. The number of methoxy groups -OCH3 is 2. The molecule has 2 aromatic carbocycles. The minimum absolute atomic E-state index is 0.0475. The summed E-state index contributed by atoms with van der Waals surface area (Å²) < 4.78 is 21.4. The second-order valence-corrected chi connectivity index (χ2v) is 9.19. The lowest BCUT2D eigenvalue weighted by atomic mass is 9.84. The zero-order chi connectivity index (χ0) is 28.2. The van der Waals surface area contributed by atoms with Crippen molar-refractivity contribution in [1.82, 2.24) is 0 Å². The molecule has 2 aromatic rings. The maximum Gasteiger partial charge on any atom is 0.302 e. The predicted molar refractivity (Wildman–Crippen MR) is 146 cm³/mol. The number of aliphatic hydroxyl groups excluding tert-OH is 1. The van der Waals surface area contributed by atoms with Crippen molar-refractivity contribution in [3.8, 4) is 5.75 Å². The van der Waals surface area contributed by atoms with Crippen molar-refractivity contribution in [2.24, 2.45) is 0 Å². The molecule has 0 saturated carbocycles. The minimum atomic E-state index is -0.914. The van der Waals surface area contributed by atoms with E-state index < -0.39 is 17.7 Å². The van der Waals surface area contributed by atoms with Gasteiger partial charge >= 0.3 is 5.97 Å². The van der Waals surface area contributed by atoms with Crippen molar-refractivity contribution >= 4 is 17.5 Å². The quantitative estimate of drug-likeness (QED) is 0.191. The number of carbonyl (C=O) groups excluding carboxylic acids is 3. The van der Waals surface area contributed by atoms with Crippen molar-refractivity contribution in [3.05, 3.63) is 88.2 Å². The fraction of sp³-hybridized carbons (Fsp3) is 0.387. The molecule has 0 radical (unpaired) electrons. The Kier molecular flexibility index (Phi) is 11.5. The highest BCUT2D eigenvalue weighted by molar-refractivity contribution is 6.25. The molecule has 39 heavy (non-hydrogen) atoms. The predicted octanol–water partition coefficient (Wildman–Crippen LogP) is 5.08. The van der Waals surface area contributed by atoms with Gasteiger partial charge < -0.3 is 24.1 Å². The third-order valence-corrected chi connectivity index (χ3v) is 6.40. The zero-order valence-electron chi connectivity index (χ0n) is 22.7. The van der Waals surface area contributed by atoms with E-state index in [9.17, 15) is 19.5 Å². The minimum Gasteiger partial charge on any atom is -0.496 e. The van der Waals surface area contributed by atoms with Crippen molar-refractivity contribution in [2.75, 3.05) is 27.4 Å². The summed E-state index contributed by atoms with van der Waals surface area (Å²) in [6.45, 7) is 2.62. The highest BCUT2D eigenvalue weighted by atomic mass is 16.5. The van der Waals surface area contributed by atoms with Gasteiger partial charge in [0.2, 0.25) is 5.78 Å². The lowest BCUT2D eigenvalue weighted by Crippen LogP contribution is -2.21. The molecule has 0 aromatic heterocycles. The van der Waals surface area contributed by atoms with Gasteiger partial charge in [-0.15, -0.1) is 0 Å². The van der Waals surface area contributed by atoms with Crippen LogP contribution in [0, 0.1) is 0 Å². The molecule has 1 atom stereocenters. The fourth-order valence-corrected chi connectivity index (χ4v) is 4.51. The summed E-state index contributed by atoms with van der Waals surface area (Å²) in [7, 11) is 2.76. The molecule has 0 aliphatic heterocycles. The Balaban J connectivity index is 1.73. The van der Waals surface area contributed by atoms with Crippen LogP contribution >= 0.6 is 0 Å². The number of ether oxygens (including phenoxy) is 4. The number of ketones is 2. The Labute approximate surface area is 229 Å². The summed E-state index contributed by atoms with van der Waals surface area (Å²) >= 11 is 0. The number of benzene rings is 2. The number of Topliss-reactive ketones (excluding diaryl/α,β-unsaturated/α-hetero) is 1. The first-order chi connectivity index (χ1) is 18.9. The van der Waals surface area contributed by atoms with Crippen LogP contribution < -0.4 is 4.74 Å². The number of esters is 1. The molecule has 1 aliphatic carbocycles. The smallest absolute Gasteiger partial charge is 0.302 e. The normalized spacial score (nSPS) is 13.7. The Morgan fingerprint density at radius 1 is 1.03 bits per heavy atom. The number of unbranched alkanes of at least 4 members (excludes halogenated alkanes) is 2. The monoisotopic (exact) mass is 536 g/mol. The van der Waals surface area contributed by atoms with Gasteiger partial charge in [-0.05, 0) is 36.5 Å². The van der Waals surface area contributed by atoms with Gasteiger partial charge in [-0.2, -0.15) is 0 Å². The highest BCUT2D eigenvalue weighted by Gasteiger charge is 2.33. The lowest BCUT2D eigenvalue weighted by molar-refractivity contribution is -0.139. The van der Waals surface area contributed by atoms with Gasteiger partial charge in [-0.3, -0.25) is 14.4 Å². The van der Waals surface area contributed by atoms with Crippen molar-refractivity contribution in [2.45, 2.75) is 51.7 Å². The van der Waals surface area contributed by atoms with Gasteiger partial charge in [0.15, 0.2) is 11.5 Å². The molecule has 0 amide bonds. The number of hydrogen-bond donors (Lipinski definition) is 1. The molecule has 1 aliphatic rings. The van der Waals surface area contributed by atoms with E-state index in [1.807, 2.05) is 30.3 Å². The highest BCUT2D eigenvalue weighted by Crippen LogP contribution is 2.40. The van der Waals surface area contributed by atoms with E-state index in [0.717, 1.165) is 30.9 Å². The molecule has 8 heteroatoms. The summed E-state index contributed by atoms with van der Waals surface area (Å²) in [5, 5.41) is 11.3. The van der Waals surface area contributed by atoms with E-state index in [4.69, 9.17) is 18.9 Å². The molecule has 0 saturated heterocycles. The maximum atomic E-state index is 13.0. The largest absolute Gasteiger partial charge is 0.496 e. The molecule has 0 spiro atoms. The number of allylic oxidation sites excluding steroid dienone is 3. The van der Waals surface area contributed by atoms with Gasteiger partial charge in [0.25, 0.3) is 0 Å². The second kappa shape index (κ2) is 15.0.